The molecule has 1 saturated heterocycles. The highest BCUT2D eigenvalue weighted by molar-refractivity contribution is 5.89. The lowest BCUT2D eigenvalue weighted by atomic mass is 9.72. The minimum Gasteiger partial charge on any atom is -0.497 e. The molecule has 1 aliphatic heterocycles. The molecule has 0 bridgehead atoms. The highest BCUT2D eigenvalue weighted by Crippen LogP contribution is 2.39. The molecule has 1 aromatic heterocycles. The summed E-state index contributed by atoms with van der Waals surface area (Å²) in [5.74, 6) is 1.21. The van der Waals surface area contributed by atoms with Crippen molar-refractivity contribution in [3.63, 3.8) is 0 Å². The monoisotopic (exact) mass is 399 g/mol. The second-order valence-electron chi connectivity index (χ2n) is 7.94. The van der Waals surface area contributed by atoms with Crippen LogP contribution in [0.4, 0.5) is 0 Å². The van der Waals surface area contributed by atoms with Crippen LogP contribution in [0.1, 0.15) is 30.7 Å². The zero-order chi connectivity index (χ0) is 20.4. The number of benzene rings is 1. The van der Waals surface area contributed by atoms with E-state index in [1.165, 1.54) is 0 Å². The molecule has 29 heavy (non-hydrogen) atoms. The Kier molecular flexibility index (Phi) is 5.12. The molecular weight excluding hydrogens is 374 g/mol. The third kappa shape index (κ3) is 3.90. The van der Waals surface area contributed by atoms with E-state index in [4.69, 9.17) is 4.74 Å². The van der Waals surface area contributed by atoms with Gasteiger partial charge in [-0.2, -0.15) is 5.10 Å². The van der Waals surface area contributed by atoms with Crippen LogP contribution < -0.4 is 15.7 Å². The van der Waals surface area contributed by atoms with Crippen LogP contribution in [0, 0.1) is 11.3 Å². The first-order chi connectivity index (χ1) is 14.0. The van der Waals surface area contributed by atoms with Crippen molar-refractivity contribution in [1.29, 1.82) is 0 Å². The molecule has 0 radical (unpaired) electrons. The number of carbonyl (C=O) groups excluding carboxylic acids is 2. The maximum absolute atomic E-state index is 13.1. The summed E-state index contributed by atoms with van der Waals surface area (Å²) in [6, 6.07) is 7.62. The second kappa shape index (κ2) is 7.73. The number of hydrogen-bond donors (Lipinski definition) is 3. The van der Waals surface area contributed by atoms with E-state index in [2.05, 4.69) is 20.5 Å². The van der Waals surface area contributed by atoms with Gasteiger partial charge in [0.1, 0.15) is 11.6 Å². The topological polar surface area (TPSA) is 120 Å². The SMILES string of the molecule is COc1cccc(CC2(C(=O)NCc3n[nH]c(=O)[nH]3)CN(C(=O)C3CCC3)C2)c1. The molecule has 2 aliphatic rings. The van der Waals surface area contributed by atoms with Gasteiger partial charge >= 0.3 is 5.69 Å². The van der Waals surface area contributed by atoms with Crippen LogP contribution in [0.2, 0.25) is 0 Å². The van der Waals surface area contributed by atoms with Crippen molar-refractivity contribution in [3.05, 3.63) is 46.1 Å². The van der Waals surface area contributed by atoms with Gasteiger partial charge in [-0.25, -0.2) is 9.89 Å². The summed E-state index contributed by atoms with van der Waals surface area (Å²) in [7, 11) is 1.61. The molecule has 2 heterocycles. The zero-order valence-electron chi connectivity index (χ0n) is 16.4. The Morgan fingerprint density at radius 2 is 2.14 bits per heavy atom. The molecule has 154 valence electrons. The van der Waals surface area contributed by atoms with E-state index in [1.807, 2.05) is 24.3 Å². The summed E-state index contributed by atoms with van der Waals surface area (Å²) >= 11 is 0. The summed E-state index contributed by atoms with van der Waals surface area (Å²) in [5, 5.41) is 8.96. The number of nitrogens with zero attached hydrogens (tertiary/aromatic N) is 2. The molecule has 1 aliphatic carbocycles. The van der Waals surface area contributed by atoms with Gasteiger partial charge in [0.25, 0.3) is 0 Å². The Bertz CT molecular complexity index is 956. The van der Waals surface area contributed by atoms with E-state index in [0.29, 0.717) is 25.3 Å². The van der Waals surface area contributed by atoms with Crippen molar-refractivity contribution in [1.82, 2.24) is 25.4 Å². The molecule has 4 rings (SSSR count). The standard InChI is InChI=1S/C20H25N5O4/c1-29-15-7-2-4-13(8-15)9-20(11-25(12-20)17(26)14-5-3-6-14)18(27)21-10-16-22-19(28)24-23-16/h2,4,7-8,14H,3,5-6,9-12H2,1H3,(H,21,27)(H2,22,23,24,28). The van der Waals surface area contributed by atoms with Gasteiger partial charge in [0, 0.05) is 19.0 Å². The van der Waals surface area contributed by atoms with Gasteiger partial charge in [0.15, 0.2) is 0 Å². The Balaban J connectivity index is 1.48. The maximum atomic E-state index is 13.1. The van der Waals surface area contributed by atoms with Gasteiger partial charge in [0.05, 0.1) is 19.1 Å². The maximum Gasteiger partial charge on any atom is 0.340 e. The van der Waals surface area contributed by atoms with Crippen LogP contribution in [-0.4, -0.2) is 52.1 Å². The average Bonchev–Trinajstić information content (AvgIpc) is 3.06. The number of ether oxygens (including phenoxy) is 1. The second-order valence-corrected chi connectivity index (χ2v) is 7.94. The lowest BCUT2D eigenvalue weighted by Gasteiger charge is -2.50. The molecule has 1 saturated carbocycles. The zero-order valence-corrected chi connectivity index (χ0v) is 16.4. The minimum atomic E-state index is -0.706. The largest absolute Gasteiger partial charge is 0.497 e. The Hall–Kier alpha value is -3.10. The Morgan fingerprint density at radius 3 is 2.76 bits per heavy atom. The highest BCUT2D eigenvalue weighted by Gasteiger charge is 2.52. The molecule has 9 heteroatoms. The summed E-state index contributed by atoms with van der Waals surface area (Å²) in [4.78, 5) is 41.2. The predicted octanol–water partition coefficient (Wildman–Crippen LogP) is 0.594. The van der Waals surface area contributed by atoms with Crippen molar-refractivity contribution in [2.75, 3.05) is 20.2 Å². The third-order valence-corrected chi connectivity index (χ3v) is 5.88. The van der Waals surface area contributed by atoms with E-state index < -0.39 is 11.1 Å². The van der Waals surface area contributed by atoms with Crippen LogP contribution in [0.3, 0.4) is 0 Å². The molecule has 0 unspecified atom stereocenters. The van der Waals surface area contributed by atoms with Gasteiger partial charge in [0.2, 0.25) is 11.8 Å². The molecule has 2 amide bonds. The van der Waals surface area contributed by atoms with Gasteiger partial charge in [-0.3, -0.25) is 14.6 Å². The van der Waals surface area contributed by atoms with Gasteiger partial charge in [-0.15, -0.1) is 0 Å². The smallest absolute Gasteiger partial charge is 0.340 e. The van der Waals surface area contributed by atoms with E-state index >= 15 is 0 Å². The summed E-state index contributed by atoms with van der Waals surface area (Å²) in [6.07, 6.45) is 3.48. The Morgan fingerprint density at radius 1 is 1.34 bits per heavy atom. The highest BCUT2D eigenvalue weighted by atomic mass is 16.5. The van der Waals surface area contributed by atoms with Gasteiger partial charge < -0.3 is 15.0 Å². The lowest BCUT2D eigenvalue weighted by Crippen LogP contribution is -2.66. The van der Waals surface area contributed by atoms with Crippen LogP contribution >= 0.6 is 0 Å². The number of methoxy groups -OCH3 is 1. The number of hydrogen-bond acceptors (Lipinski definition) is 5. The van der Waals surface area contributed by atoms with Crippen LogP contribution in [-0.2, 0) is 22.6 Å². The Labute approximate surface area is 167 Å². The summed E-state index contributed by atoms with van der Waals surface area (Å²) in [6.45, 7) is 0.902. The molecule has 2 fully saturated rings. The minimum absolute atomic E-state index is 0.113. The van der Waals surface area contributed by atoms with Gasteiger partial charge in [-0.1, -0.05) is 18.6 Å². The van der Waals surface area contributed by atoms with E-state index in [0.717, 1.165) is 30.6 Å². The van der Waals surface area contributed by atoms with Crippen LogP contribution in [0.25, 0.3) is 0 Å². The van der Waals surface area contributed by atoms with E-state index in [9.17, 15) is 14.4 Å². The van der Waals surface area contributed by atoms with Crippen molar-refractivity contribution in [2.45, 2.75) is 32.2 Å². The van der Waals surface area contributed by atoms with Crippen molar-refractivity contribution in [2.24, 2.45) is 11.3 Å². The molecule has 0 atom stereocenters. The average molecular weight is 399 g/mol. The first-order valence-electron chi connectivity index (χ1n) is 9.83. The quantitative estimate of drug-likeness (QED) is 0.630. The predicted molar refractivity (Wildman–Crippen MR) is 104 cm³/mol. The normalized spacial score (nSPS) is 17.9. The number of H-pyrrole nitrogens is 2. The molecule has 9 nitrogen and oxygen atoms in total. The van der Waals surface area contributed by atoms with E-state index in [1.54, 1.807) is 12.0 Å². The molecule has 0 spiro atoms. The molecular formula is C20H25N5O4. The molecule has 1 aromatic carbocycles. The number of aromatic nitrogens is 3. The molecule has 3 N–H and O–H groups in total. The van der Waals surface area contributed by atoms with Crippen molar-refractivity contribution >= 4 is 11.8 Å². The van der Waals surface area contributed by atoms with Crippen molar-refractivity contribution < 1.29 is 14.3 Å². The first-order valence-corrected chi connectivity index (χ1v) is 9.83. The van der Waals surface area contributed by atoms with Gasteiger partial charge in [-0.05, 0) is 37.0 Å². The fraction of sp³-hybridized carbons (Fsp3) is 0.500. The summed E-state index contributed by atoms with van der Waals surface area (Å²) in [5.41, 5.74) is -0.146. The summed E-state index contributed by atoms with van der Waals surface area (Å²) < 4.78 is 5.29. The number of nitrogens with one attached hydrogen (secondary N) is 3. The number of likely N-dealkylation sites (tertiary alicyclic amines) is 1. The number of amides is 2. The number of aromatic amines is 2. The first kappa shape index (κ1) is 19.2. The van der Waals surface area contributed by atoms with Crippen LogP contribution in [0.5, 0.6) is 5.75 Å². The number of rotatable bonds is 7. The third-order valence-electron chi connectivity index (χ3n) is 5.88. The lowest BCUT2D eigenvalue weighted by molar-refractivity contribution is -0.158. The fourth-order valence-electron chi connectivity index (χ4n) is 4.00. The molecule has 2 aromatic rings. The van der Waals surface area contributed by atoms with Crippen LogP contribution in [0.15, 0.2) is 29.1 Å². The number of carbonyl (C=O) groups is 2. The van der Waals surface area contributed by atoms with Crippen molar-refractivity contribution in [3.8, 4) is 5.75 Å². The fourth-order valence-corrected chi connectivity index (χ4v) is 4.00. The van der Waals surface area contributed by atoms with E-state index in [-0.39, 0.29) is 24.3 Å².